The summed E-state index contributed by atoms with van der Waals surface area (Å²) in [6, 6.07) is 0.00627. The van der Waals surface area contributed by atoms with Crippen molar-refractivity contribution in [2.45, 2.75) is 50.9 Å². The van der Waals surface area contributed by atoms with E-state index in [1.807, 2.05) is 13.8 Å². The molecule has 2 N–H and O–H groups in total. The molecule has 0 aromatic carbocycles. The van der Waals surface area contributed by atoms with Crippen LogP contribution in [0.15, 0.2) is 0 Å². The van der Waals surface area contributed by atoms with E-state index in [4.69, 9.17) is 9.47 Å². The molecule has 2 heterocycles. The van der Waals surface area contributed by atoms with Crippen LogP contribution in [-0.2, 0) is 9.47 Å². The van der Waals surface area contributed by atoms with Gasteiger partial charge in [0.05, 0.1) is 12.1 Å². The van der Waals surface area contributed by atoms with Gasteiger partial charge in [-0.1, -0.05) is 0 Å². The number of fused-ring (bicyclic) bond motifs is 1. The lowest BCUT2D eigenvalue weighted by Crippen LogP contribution is -2.42. The number of ether oxygens (including phenoxy) is 2. The second-order valence-corrected chi connectivity index (χ2v) is 4.31. The number of aliphatic hydroxyl groups excluding tert-OH is 1. The largest absolute Gasteiger partial charge is 0.392 e. The number of hydrogen-bond donors (Lipinski definition) is 2. The van der Waals surface area contributed by atoms with Crippen molar-refractivity contribution in [3.8, 4) is 0 Å². The molecule has 0 bridgehead atoms. The summed E-state index contributed by atoms with van der Waals surface area (Å²) in [5.41, 5.74) is 0. The SMILES string of the molecule is C[C@@H](O)[C@H]1NC[C@H]2OC(C)(C)O[C@@H]12. The Kier molecular flexibility index (Phi) is 2.11. The van der Waals surface area contributed by atoms with Gasteiger partial charge >= 0.3 is 0 Å². The number of nitrogens with one attached hydrogen (secondary N) is 1. The summed E-state index contributed by atoms with van der Waals surface area (Å²) < 4.78 is 11.4. The first-order chi connectivity index (χ1) is 5.99. The lowest BCUT2D eigenvalue weighted by molar-refractivity contribution is -0.155. The minimum atomic E-state index is -0.495. The van der Waals surface area contributed by atoms with Gasteiger partial charge < -0.3 is 19.9 Å². The first kappa shape index (κ1) is 9.40. The van der Waals surface area contributed by atoms with Gasteiger partial charge in [0.25, 0.3) is 0 Å². The van der Waals surface area contributed by atoms with Crippen molar-refractivity contribution in [2.24, 2.45) is 0 Å². The summed E-state index contributed by atoms with van der Waals surface area (Å²) in [6.45, 7) is 6.35. The predicted octanol–water partition coefficient (Wildman–Crippen LogP) is -0.141. The van der Waals surface area contributed by atoms with Crippen molar-refractivity contribution in [1.82, 2.24) is 5.32 Å². The maximum Gasteiger partial charge on any atom is 0.163 e. The Morgan fingerprint density at radius 2 is 2.15 bits per heavy atom. The molecule has 4 atom stereocenters. The molecule has 4 nitrogen and oxygen atoms in total. The van der Waals surface area contributed by atoms with Gasteiger partial charge in [0.2, 0.25) is 0 Å². The van der Waals surface area contributed by atoms with Crippen molar-refractivity contribution in [3.63, 3.8) is 0 Å². The van der Waals surface area contributed by atoms with Crippen LogP contribution in [0.1, 0.15) is 20.8 Å². The zero-order chi connectivity index (χ0) is 9.64. The number of aliphatic hydroxyl groups is 1. The fourth-order valence-electron chi connectivity index (χ4n) is 2.14. The molecule has 0 spiro atoms. The molecule has 2 saturated heterocycles. The van der Waals surface area contributed by atoms with Crippen molar-refractivity contribution in [2.75, 3.05) is 6.54 Å². The van der Waals surface area contributed by atoms with Crippen LogP contribution < -0.4 is 5.32 Å². The minimum absolute atomic E-state index is 0.00463. The Balaban J connectivity index is 2.08. The Labute approximate surface area is 78.2 Å². The third kappa shape index (κ3) is 1.59. The zero-order valence-corrected chi connectivity index (χ0v) is 8.28. The summed E-state index contributed by atoms with van der Waals surface area (Å²) in [4.78, 5) is 0. The highest BCUT2D eigenvalue weighted by molar-refractivity contribution is 4.99. The van der Waals surface area contributed by atoms with Crippen molar-refractivity contribution >= 4 is 0 Å². The third-order valence-corrected chi connectivity index (χ3v) is 2.65. The van der Waals surface area contributed by atoms with E-state index in [9.17, 15) is 5.11 Å². The topological polar surface area (TPSA) is 50.7 Å². The predicted molar refractivity (Wildman–Crippen MR) is 47.3 cm³/mol. The molecule has 0 radical (unpaired) electrons. The highest BCUT2D eigenvalue weighted by Gasteiger charge is 2.50. The van der Waals surface area contributed by atoms with E-state index in [0.29, 0.717) is 0 Å². The van der Waals surface area contributed by atoms with E-state index in [2.05, 4.69) is 5.32 Å². The van der Waals surface area contributed by atoms with Crippen LogP contribution in [0.25, 0.3) is 0 Å². The van der Waals surface area contributed by atoms with Crippen LogP contribution in [0.2, 0.25) is 0 Å². The molecule has 2 fully saturated rings. The van der Waals surface area contributed by atoms with E-state index >= 15 is 0 Å². The third-order valence-electron chi connectivity index (χ3n) is 2.65. The van der Waals surface area contributed by atoms with Gasteiger partial charge in [0, 0.05) is 6.54 Å². The minimum Gasteiger partial charge on any atom is -0.392 e. The molecule has 0 saturated carbocycles. The van der Waals surface area contributed by atoms with Gasteiger partial charge in [-0.2, -0.15) is 0 Å². The normalized spacial score (nSPS) is 44.8. The summed E-state index contributed by atoms with van der Waals surface area (Å²) in [6.07, 6.45) is -0.308. The lowest BCUT2D eigenvalue weighted by atomic mass is 10.1. The van der Waals surface area contributed by atoms with Crippen molar-refractivity contribution in [3.05, 3.63) is 0 Å². The molecule has 76 valence electrons. The fourth-order valence-corrected chi connectivity index (χ4v) is 2.14. The Morgan fingerprint density at radius 3 is 2.77 bits per heavy atom. The molecule has 0 aromatic rings. The first-order valence-corrected chi connectivity index (χ1v) is 4.77. The van der Waals surface area contributed by atoms with Crippen LogP contribution >= 0.6 is 0 Å². The van der Waals surface area contributed by atoms with E-state index in [1.165, 1.54) is 0 Å². The Hall–Kier alpha value is -0.160. The second-order valence-electron chi connectivity index (χ2n) is 4.31. The van der Waals surface area contributed by atoms with Gasteiger partial charge in [-0.15, -0.1) is 0 Å². The Bertz CT molecular complexity index is 205. The molecule has 0 aromatic heterocycles. The second kappa shape index (κ2) is 2.92. The molecular weight excluding hydrogens is 170 g/mol. The van der Waals surface area contributed by atoms with Crippen LogP contribution in [0, 0.1) is 0 Å². The van der Waals surface area contributed by atoms with Crippen LogP contribution in [0.4, 0.5) is 0 Å². The highest BCUT2D eigenvalue weighted by atomic mass is 16.8. The maximum atomic E-state index is 9.47. The molecule has 2 rings (SSSR count). The van der Waals surface area contributed by atoms with Gasteiger partial charge in [-0.3, -0.25) is 0 Å². The molecule has 2 aliphatic rings. The van der Waals surface area contributed by atoms with E-state index in [1.54, 1.807) is 6.92 Å². The average Bonchev–Trinajstić information content (AvgIpc) is 2.41. The van der Waals surface area contributed by atoms with E-state index in [0.717, 1.165) is 6.54 Å². The summed E-state index contributed by atoms with van der Waals surface area (Å²) >= 11 is 0. The fraction of sp³-hybridized carbons (Fsp3) is 1.00. The Morgan fingerprint density at radius 1 is 1.46 bits per heavy atom. The average molecular weight is 187 g/mol. The lowest BCUT2D eigenvalue weighted by Gasteiger charge is -2.23. The highest BCUT2D eigenvalue weighted by Crippen LogP contribution is 2.33. The van der Waals surface area contributed by atoms with Gasteiger partial charge in [0.1, 0.15) is 12.2 Å². The molecule has 4 heteroatoms. The van der Waals surface area contributed by atoms with Gasteiger partial charge in [0.15, 0.2) is 5.79 Å². The van der Waals surface area contributed by atoms with E-state index in [-0.39, 0.29) is 18.2 Å². The summed E-state index contributed by atoms with van der Waals surface area (Å²) in [7, 11) is 0. The molecular formula is C9H17NO3. The van der Waals surface area contributed by atoms with E-state index < -0.39 is 11.9 Å². The maximum absolute atomic E-state index is 9.47. The molecule has 0 unspecified atom stereocenters. The van der Waals surface area contributed by atoms with Crippen molar-refractivity contribution < 1.29 is 14.6 Å². The molecule has 13 heavy (non-hydrogen) atoms. The van der Waals surface area contributed by atoms with Crippen LogP contribution in [-0.4, -0.2) is 41.8 Å². The standard InChI is InChI=1S/C9H17NO3/c1-5(11)7-8-6(4-10-7)12-9(2,3)13-8/h5-8,10-11H,4H2,1-3H3/t5-,6-,7-,8-/m1/s1. The summed E-state index contributed by atoms with van der Waals surface area (Å²) in [5, 5.41) is 12.7. The number of hydrogen-bond acceptors (Lipinski definition) is 4. The molecule has 0 aliphatic carbocycles. The van der Waals surface area contributed by atoms with Crippen LogP contribution in [0.5, 0.6) is 0 Å². The zero-order valence-electron chi connectivity index (χ0n) is 8.28. The molecule has 0 amide bonds. The quantitative estimate of drug-likeness (QED) is 0.600. The smallest absolute Gasteiger partial charge is 0.163 e. The molecule has 2 aliphatic heterocycles. The number of rotatable bonds is 1. The van der Waals surface area contributed by atoms with Gasteiger partial charge in [-0.25, -0.2) is 0 Å². The monoisotopic (exact) mass is 187 g/mol. The van der Waals surface area contributed by atoms with Crippen LogP contribution in [0.3, 0.4) is 0 Å². The van der Waals surface area contributed by atoms with Gasteiger partial charge in [-0.05, 0) is 20.8 Å². The summed E-state index contributed by atoms with van der Waals surface area (Å²) in [5.74, 6) is -0.495. The van der Waals surface area contributed by atoms with Crippen molar-refractivity contribution in [1.29, 1.82) is 0 Å². The first-order valence-electron chi connectivity index (χ1n) is 4.77.